The van der Waals surface area contributed by atoms with Gasteiger partial charge in [-0.1, -0.05) is 6.92 Å². The molecule has 0 radical (unpaired) electrons. The van der Waals surface area contributed by atoms with E-state index in [1.807, 2.05) is 37.6 Å². The van der Waals surface area contributed by atoms with Crippen molar-refractivity contribution >= 4 is 22.8 Å². The van der Waals surface area contributed by atoms with Gasteiger partial charge in [-0.25, -0.2) is 15.0 Å². The first-order valence-corrected chi connectivity index (χ1v) is 7.42. The van der Waals surface area contributed by atoms with Crippen LogP contribution in [0.25, 0.3) is 11.2 Å². The molecule has 0 fully saturated rings. The number of hydrogen-bond acceptors (Lipinski definition) is 4. The van der Waals surface area contributed by atoms with Crippen molar-refractivity contribution in [1.82, 2.24) is 19.5 Å². The Hall–Kier alpha value is -1.88. The zero-order chi connectivity index (χ0) is 15.0. The molecule has 0 spiro atoms. The normalized spacial score (nSPS) is 13.0. The highest BCUT2D eigenvalue weighted by molar-refractivity contribution is 6.20. The summed E-state index contributed by atoms with van der Waals surface area (Å²) in [4.78, 5) is 13.4. The number of alkyl halides is 1. The number of imidazole rings is 1. The molecule has 0 amide bonds. The first-order valence-electron chi connectivity index (χ1n) is 6.99. The molecule has 0 aliphatic heterocycles. The van der Waals surface area contributed by atoms with Crippen LogP contribution in [0.15, 0.2) is 22.9 Å². The van der Waals surface area contributed by atoms with Crippen molar-refractivity contribution in [2.75, 3.05) is 0 Å². The van der Waals surface area contributed by atoms with E-state index in [0.29, 0.717) is 12.4 Å². The van der Waals surface area contributed by atoms with Gasteiger partial charge in [0.15, 0.2) is 5.65 Å². The number of fused-ring (bicyclic) bond motifs is 1. The number of pyridine rings is 1. The van der Waals surface area contributed by atoms with Crippen molar-refractivity contribution in [1.29, 1.82) is 0 Å². The highest BCUT2D eigenvalue weighted by atomic mass is 35.5. The van der Waals surface area contributed by atoms with Gasteiger partial charge in [-0.15, -0.1) is 11.6 Å². The number of hydrogen-bond donors (Lipinski definition) is 0. The summed E-state index contributed by atoms with van der Waals surface area (Å²) in [5.74, 6) is 2.30. The minimum absolute atomic E-state index is 0.208. The number of halogens is 1. The molecule has 1 atom stereocenters. The third-order valence-corrected chi connectivity index (χ3v) is 3.55. The van der Waals surface area contributed by atoms with E-state index in [4.69, 9.17) is 16.0 Å². The maximum Gasteiger partial charge on any atom is 0.214 e. The summed E-state index contributed by atoms with van der Waals surface area (Å²) in [7, 11) is 0. The maximum atomic E-state index is 6.26. The topological polar surface area (TPSA) is 56.7 Å². The first kappa shape index (κ1) is 14.1. The predicted molar refractivity (Wildman–Crippen MR) is 81.5 cm³/mol. The van der Waals surface area contributed by atoms with Gasteiger partial charge in [0, 0.05) is 12.6 Å². The molecule has 5 nitrogen and oxygen atoms in total. The number of rotatable bonds is 4. The summed E-state index contributed by atoms with van der Waals surface area (Å²) in [5, 5.41) is -0.208. The summed E-state index contributed by atoms with van der Waals surface area (Å²) < 4.78 is 7.65. The molecule has 3 heterocycles. The van der Waals surface area contributed by atoms with Crippen molar-refractivity contribution in [3.8, 4) is 0 Å². The van der Waals surface area contributed by atoms with E-state index >= 15 is 0 Å². The molecule has 21 heavy (non-hydrogen) atoms. The van der Waals surface area contributed by atoms with Crippen LogP contribution in [0.3, 0.4) is 0 Å². The Morgan fingerprint density at radius 3 is 2.81 bits per heavy atom. The Bertz CT molecular complexity index is 775. The Morgan fingerprint density at radius 1 is 1.33 bits per heavy atom. The molecule has 1 unspecified atom stereocenters. The van der Waals surface area contributed by atoms with Crippen molar-refractivity contribution < 1.29 is 4.42 Å². The lowest BCUT2D eigenvalue weighted by Gasteiger charge is -2.07. The second-order valence-corrected chi connectivity index (χ2v) is 5.76. The summed E-state index contributed by atoms with van der Waals surface area (Å²) in [6.45, 7) is 6.42. The molecule has 3 rings (SSSR count). The molecule has 0 aromatic carbocycles. The first-order chi connectivity index (χ1) is 10.1. The number of nitrogens with zero attached hydrogens (tertiary/aromatic N) is 4. The van der Waals surface area contributed by atoms with Gasteiger partial charge in [-0.3, -0.25) is 0 Å². The summed E-state index contributed by atoms with van der Waals surface area (Å²) in [5.41, 5.74) is 2.73. The molecule has 0 saturated heterocycles. The van der Waals surface area contributed by atoms with Crippen LogP contribution in [0, 0.1) is 6.92 Å². The van der Waals surface area contributed by atoms with Gasteiger partial charge < -0.3 is 8.98 Å². The fourth-order valence-electron chi connectivity index (χ4n) is 2.31. The number of aromatic nitrogens is 4. The fraction of sp³-hybridized carbons (Fsp3) is 0.400. The standard InChI is InChI=1S/C15H17ClN4O/c1-4-11-7-17-13(21-11)8-20-14(10(3)16)19-12-5-9(2)6-18-15(12)20/h5-7,10H,4,8H2,1-3H3. The van der Waals surface area contributed by atoms with Crippen LogP contribution in [0.1, 0.15) is 42.3 Å². The lowest BCUT2D eigenvalue weighted by Crippen LogP contribution is -2.06. The second kappa shape index (κ2) is 5.48. The zero-order valence-electron chi connectivity index (χ0n) is 12.3. The van der Waals surface area contributed by atoms with E-state index in [1.165, 1.54) is 0 Å². The van der Waals surface area contributed by atoms with E-state index in [9.17, 15) is 0 Å². The second-order valence-electron chi connectivity index (χ2n) is 5.10. The van der Waals surface area contributed by atoms with Crippen molar-refractivity contribution in [3.05, 3.63) is 41.5 Å². The molecule has 0 saturated carbocycles. The lowest BCUT2D eigenvalue weighted by molar-refractivity contribution is 0.445. The van der Waals surface area contributed by atoms with Crippen LogP contribution in [-0.4, -0.2) is 19.5 Å². The average Bonchev–Trinajstić information content (AvgIpc) is 3.04. The van der Waals surface area contributed by atoms with Gasteiger partial charge in [-0.2, -0.15) is 0 Å². The Morgan fingerprint density at radius 2 is 2.14 bits per heavy atom. The molecule has 0 aliphatic carbocycles. The Balaban J connectivity index is 2.08. The smallest absolute Gasteiger partial charge is 0.214 e. The molecule has 110 valence electrons. The predicted octanol–water partition coefficient (Wildman–Crippen LogP) is 3.64. The number of aryl methyl sites for hydroxylation is 2. The summed E-state index contributed by atoms with van der Waals surface area (Å²) in [6, 6.07) is 2.01. The highest BCUT2D eigenvalue weighted by Crippen LogP contribution is 2.25. The van der Waals surface area contributed by atoms with Crippen LogP contribution in [0.5, 0.6) is 0 Å². The van der Waals surface area contributed by atoms with E-state index < -0.39 is 0 Å². The van der Waals surface area contributed by atoms with Gasteiger partial charge in [0.1, 0.15) is 23.6 Å². The van der Waals surface area contributed by atoms with E-state index in [1.54, 1.807) is 6.20 Å². The molecule has 3 aromatic heterocycles. The lowest BCUT2D eigenvalue weighted by atomic mass is 10.3. The third kappa shape index (κ3) is 2.65. The van der Waals surface area contributed by atoms with E-state index in [-0.39, 0.29) is 5.38 Å². The average molecular weight is 305 g/mol. The van der Waals surface area contributed by atoms with Crippen LogP contribution in [0.2, 0.25) is 0 Å². The van der Waals surface area contributed by atoms with Gasteiger partial charge in [-0.05, 0) is 25.5 Å². The summed E-state index contributed by atoms with van der Waals surface area (Å²) >= 11 is 6.26. The van der Waals surface area contributed by atoms with Gasteiger partial charge in [0.2, 0.25) is 5.89 Å². The molecule has 0 bridgehead atoms. The molecule has 6 heteroatoms. The largest absolute Gasteiger partial charge is 0.444 e. The zero-order valence-corrected chi connectivity index (χ0v) is 13.1. The molecular weight excluding hydrogens is 288 g/mol. The van der Waals surface area contributed by atoms with Gasteiger partial charge in [0.25, 0.3) is 0 Å². The summed E-state index contributed by atoms with van der Waals surface area (Å²) in [6.07, 6.45) is 4.42. The minimum Gasteiger partial charge on any atom is -0.444 e. The quantitative estimate of drug-likeness (QED) is 0.691. The Kier molecular flexibility index (Phi) is 3.68. The highest BCUT2D eigenvalue weighted by Gasteiger charge is 2.17. The third-order valence-electron chi connectivity index (χ3n) is 3.35. The van der Waals surface area contributed by atoms with Crippen molar-refractivity contribution in [3.63, 3.8) is 0 Å². The molecular formula is C15H17ClN4O. The van der Waals surface area contributed by atoms with Gasteiger partial charge in [0.05, 0.1) is 11.6 Å². The minimum atomic E-state index is -0.208. The van der Waals surface area contributed by atoms with E-state index in [0.717, 1.165) is 34.7 Å². The van der Waals surface area contributed by atoms with Crippen molar-refractivity contribution in [2.24, 2.45) is 0 Å². The monoisotopic (exact) mass is 304 g/mol. The SMILES string of the molecule is CCc1cnc(Cn2c(C(C)Cl)nc3cc(C)cnc32)o1. The van der Waals surface area contributed by atoms with Crippen molar-refractivity contribution in [2.45, 2.75) is 39.1 Å². The molecule has 3 aromatic rings. The van der Waals surface area contributed by atoms with Crippen LogP contribution < -0.4 is 0 Å². The fourth-order valence-corrected chi connectivity index (χ4v) is 2.48. The van der Waals surface area contributed by atoms with E-state index in [2.05, 4.69) is 15.0 Å². The van der Waals surface area contributed by atoms with Crippen LogP contribution in [-0.2, 0) is 13.0 Å². The molecule has 0 aliphatic rings. The van der Waals surface area contributed by atoms with Gasteiger partial charge >= 0.3 is 0 Å². The van der Waals surface area contributed by atoms with Crippen LogP contribution in [0.4, 0.5) is 0 Å². The number of oxazole rings is 1. The molecule has 0 N–H and O–H groups in total. The van der Waals surface area contributed by atoms with Crippen LogP contribution >= 0.6 is 11.6 Å². The Labute approximate surface area is 128 Å². The maximum absolute atomic E-state index is 6.26.